The second-order valence-electron chi connectivity index (χ2n) is 15.3. The number of H-pyrrole nitrogens is 2. The molecule has 2 fully saturated rings. The van der Waals surface area contributed by atoms with E-state index >= 15 is 0 Å². The van der Waals surface area contributed by atoms with E-state index < -0.39 is 11.8 Å². The van der Waals surface area contributed by atoms with Crippen molar-refractivity contribution in [2.75, 3.05) is 11.5 Å². The molecule has 0 aliphatic heterocycles. The van der Waals surface area contributed by atoms with Crippen LogP contribution >= 0.6 is 86.3 Å². The maximum absolute atomic E-state index is 13.9. The zero-order valence-electron chi connectivity index (χ0n) is 34.7. The normalized spacial score (nSPS) is 13.8. The first-order chi connectivity index (χ1) is 31.1. The van der Waals surface area contributed by atoms with Crippen LogP contribution in [0.5, 0.6) is 0 Å². The molecule has 10 rings (SSSR count). The highest BCUT2D eigenvalue weighted by Crippen LogP contribution is 2.45. The number of aromatic nitrogens is 6. The number of carbonyl (C=O) groups is 2. The molecular formula is C44H39Br4F4IN10O3. The first-order valence-electron chi connectivity index (χ1n) is 19.5. The highest BCUT2D eigenvalue weighted by molar-refractivity contribution is 14.1. The van der Waals surface area contributed by atoms with Gasteiger partial charge in [0.05, 0.1) is 40.3 Å². The fourth-order valence-electron chi connectivity index (χ4n) is 6.29. The van der Waals surface area contributed by atoms with Crippen molar-refractivity contribution in [2.24, 2.45) is 19.8 Å². The molecule has 2 aliphatic carbocycles. The maximum Gasteiger partial charge on any atom is 0.352 e. The summed E-state index contributed by atoms with van der Waals surface area (Å²) in [5, 5.41) is 21.1. The van der Waals surface area contributed by atoms with Gasteiger partial charge < -0.3 is 37.6 Å². The molecule has 10 N–H and O–H groups in total. The fraction of sp³-hybridized carbons (Fsp3) is 0.182. The third-order valence-electron chi connectivity index (χ3n) is 10.2. The molecule has 346 valence electrons. The minimum atomic E-state index is -1.10. The minimum absolute atomic E-state index is 0.0167. The summed E-state index contributed by atoms with van der Waals surface area (Å²) in [5.41, 5.74) is 19.6. The Morgan fingerprint density at radius 3 is 1.64 bits per heavy atom. The average Bonchev–Trinajstić information content (AvgIpc) is 3.81. The van der Waals surface area contributed by atoms with Crippen LogP contribution in [0.3, 0.4) is 0 Å². The smallest absolute Gasteiger partial charge is 0.352 e. The summed E-state index contributed by atoms with van der Waals surface area (Å²) in [7, 11) is 3.76. The number of rotatable bonds is 5. The molecule has 66 heavy (non-hydrogen) atoms. The first kappa shape index (κ1) is 50.7. The van der Waals surface area contributed by atoms with Gasteiger partial charge in [0, 0.05) is 75.4 Å². The Hall–Kier alpha value is -4.75. The van der Waals surface area contributed by atoms with Gasteiger partial charge in [-0.25, -0.2) is 22.4 Å². The SMILES string of the molecule is Cn1cc(C2(N)CC2)cn1.Cn1cc(C2(NC(=O)c3cc4cc(Br)cc(F)c4[nH]3)CC2)cn1.Nc1c(F)cc(Br)cc1I.Nc1ccc(Br)cc1F.O=C(O)c1cc2cc(Br)cc(F)c2[nH]1. The standard InChI is InChI=1S/C16H14BrFN4O.C9H5BrFNO2.C7H11N3.C6H4BrFIN.C6H5BrFN/c1-22-8-10(7-19-22)16(2-3-16)21-15(23)13-5-9-4-11(17)6-12(18)14(9)20-13;10-5-1-4-2-7(9(13)14)12-8(4)6(11)3-5;1-10-5-6(4-9-10)7(8)2-3-7;7-3-1-4(8)6(10)5(9)2-3;7-4-1-2-6(9)5(8)3-4/h4-8,20H,2-3H2,1H3,(H,21,23);1-3,12H,(H,13,14);4-5H,2-3,8H2,1H3;1-2H,10H2;1-3H,9H2. The Bertz CT molecular complexity index is 3050. The number of hydrogen-bond donors (Lipinski definition) is 7. The number of halogens is 9. The summed E-state index contributed by atoms with van der Waals surface area (Å²) in [6.45, 7) is 0. The monoisotopic (exact) mass is 1270 g/mol. The largest absolute Gasteiger partial charge is 0.477 e. The van der Waals surface area contributed by atoms with Crippen LogP contribution in [0, 0.1) is 26.8 Å². The molecule has 0 spiro atoms. The highest BCUT2D eigenvalue weighted by atomic mass is 127. The van der Waals surface area contributed by atoms with Gasteiger partial charge in [0.2, 0.25) is 0 Å². The second-order valence-corrected chi connectivity index (χ2v) is 20.1. The molecule has 1 amide bonds. The van der Waals surface area contributed by atoms with Crippen molar-refractivity contribution >= 4 is 131 Å². The lowest BCUT2D eigenvalue weighted by Crippen LogP contribution is -2.34. The van der Waals surface area contributed by atoms with Crippen molar-refractivity contribution in [3.63, 3.8) is 0 Å². The van der Waals surface area contributed by atoms with Crippen LogP contribution in [0.1, 0.15) is 57.8 Å². The molecule has 4 heterocycles. The van der Waals surface area contributed by atoms with Crippen molar-refractivity contribution in [1.82, 2.24) is 34.8 Å². The van der Waals surface area contributed by atoms with E-state index in [1.807, 2.05) is 55.3 Å². The third kappa shape index (κ3) is 12.8. The van der Waals surface area contributed by atoms with E-state index in [1.54, 1.807) is 45.9 Å². The minimum Gasteiger partial charge on any atom is -0.477 e. The number of carboxylic acids is 1. The number of aromatic carboxylic acids is 1. The molecule has 0 bridgehead atoms. The van der Waals surface area contributed by atoms with Gasteiger partial charge in [0.25, 0.3) is 5.91 Å². The molecular weight excluding hydrogens is 1240 g/mol. The molecule has 0 atom stereocenters. The van der Waals surface area contributed by atoms with Crippen LogP contribution in [0.4, 0.5) is 28.9 Å². The predicted octanol–water partition coefficient (Wildman–Crippen LogP) is 11.3. The van der Waals surface area contributed by atoms with Crippen molar-refractivity contribution in [1.29, 1.82) is 0 Å². The number of amides is 1. The third-order valence-corrected chi connectivity index (χ3v) is 13.0. The van der Waals surface area contributed by atoms with Crippen molar-refractivity contribution in [3.8, 4) is 0 Å². The van der Waals surface area contributed by atoms with Crippen LogP contribution < -0.4 is 22.5 Å². The number of fused-ring (bicyclic) bond motifs is 2. The van der Waals surface area contributed by atoms with Crippen LogP contribution in [0.25, 0.3) is 21.8 Å². The number of hydrogen-bond acceptors (Lipinski definition) is 7. The van der Waals surface area contributed by atoms with Crippen molar-refractivity contribution in [3.05, 3.63) is 159 Å². The van der Waals surface area contributed by atoms with Crippen LogP contribution in [-0.2, 0) is 25.2 Å². The molecule has 4 aromatic carbocycles. The number of anilines is 2. The highest BCUT2D eigenvalue weighted by Gasteiger charge is 2.47. The van der Waals surface area contributed by atoms with Crippen LogP contribution in [0.15, 0.2) is 109 Å². The Labute approximate surface area is 421 Å². The van der Waals surface area contributed by atoms with Crippen LogP contribution in [0.2, 0.25) is 0 Å². The molecule has 8 aromatic rings. The van der Waals surface area contributed by atoms with E-state index in [4.69, 9.17) is 22.3 Å². The number of nitrogens with two attached hydrogens (primary N) is 3. The van der Waals surface area contributed by atoms with E-state index in [0.717, 1.165) is 34.8 Å². The molecule has 2 saturated carbocycles. The number of carboxylic acid groups (broad SMARTS) is 1. The van der Waals surface area contributed by atoms with Gasteiger partial charge in [-0.2, -0.15) is 10.2 Å². The van der Waals surface area contributed by atoms with Gasteiger partial charge in [0.15, 0.2) is 0 Å². The predicted molar refractivity (Wildman–Crippen MR) is 269 cm³/mol. The summed E-state index contributed by atoms with van der Waals surface area (Å²) in [4.78, 5) is 28.5. The van der Waals surface area contributed by atoms with E-state index in [9.17, 15) is 27.2 Å². The Morgan fingerprint density at radius 1 is 0.697 bits per heavy atom. The second kappa shape index (κ2) is 21.0. The summed E-state index contributed by atoms with van der Waals surface area (Å²) >= 11 is 14.6. The average molecular weight is 1280 g/mol. The Morgan fingerprint density at radius 2 is 1.18 bits per heavy atom. The molecule has 4 aromatic heterocycles. The molecule has 22 heteroatoms. The summed E-state index contributed by atoms with van der Waals surface area (Å²) < 4.78 is 59.2. The van der Waals surface area contributed by atoms with E-state index in [1.165, 1.54) is 42.0 Å². The zero-order valence-corrected chi connectivity index (χ0v) is 43.2. The van der Waals surface area contributed by atoms with Crippen LogP contribution in [-0.4, -0.2) is 46.5 Å². The van der Waals surface area contributed by atoms with Gasteiger partial charge in [-0.05, 0) is 115 Å². The van der Waals surface area contributed by atoms with E-state index in [2.05, 4.69) is 89.2 Å². The van der Waals surface area contributed by atoms with Gasteiger partial charge in [-0.1, -0.05) is 63.7 Å². The number of nitrogens with one attached hydrogen (secondary N) is 3. The van der Waals surface area contributed by atoms with Gasteiger partial charge in [-0.3, -0.25) is 14.2 Å². The zero-order chi connectivity index (χ0) is 48.2. The molecule has 2 aliphatic rings. The fourth-order valence-corrected chi connectivity index (χ4v) is 8.97. The molecule has 0 unspecified atom stereocenters. The van der Waals surface area contributed by atoms with E-state index in [-0.39, 0.29) is 57.0 Å². The Kier molecular flexibility index (Phi) is 16.2. The van der Waals surface area contributed by atoms with Crippen molar-refractivity contribution < 1.29 is 32.3 Å². The number of aryl methyl sites for hydroxylation is 2. The summed E-state index contributed by atoms with van der Waals surface area (Å²) in [6.07, 6.45) is 11.5. The quantitative estimate of drug-likeness (QED) is 0.0499. The Balaban J connectivity index is 0.000000145. The van der Waals surface area contributed by atoms with Crippen molar-refractivity contribution in [2.45, 2.75) is 36.8 Å². The number of nitrogens with zero attached hydrogens (tertiary/aromatic N) is 4. The van der Waals surface area contributed by atoms with Gasteiger partial charge in [0.1, 0.15) is 34.7 Å². The lowest BCUT2D eigenvalue weighted by atomic mass is 10.1. The van der Waals surface area contributed by atoms with Gasteiger partial charge >= 0.3 is 5.97 Å². The van der Waals surface area contributed by atoms with Gasteiger partial charge in [-0.15, -0.1) is 0 Å². The van der Waals surface area contributed by atoms with E-state index in [0.29, 0.717) is 39.9 Å². The molecule has 13 nitrogen and oxygen atoms in total. The lowest BCUT2D eigenvalue weighted by Gasteiger charge is -2.15. The summed E-state index contributed by atoms with van der Waals surface area (Å²) in [6, 6.07) is 16.8. The molecule has 0 radical (unpaired) electrons. The first-order valence-corrected chi connectivity index (χ1v) is 23.7. The number of aromatic amines is 2. The molecule has 0 saturated heterocycles. The summed E-state index contributed by atoms with van der Waals surface area (Å²) in [5.74, 6) is -2.96. The lowest BCUT2D eigenvalue weighted by molar-refractivity contribution is 0.0691. The number of benzene rings is 4. The number of carbonyl (C=O) groups excluding carboxylic acids is 1. The topological polar surface area (TPSA) is 212 Å². The maximum atomic E-state index is 13.9. The number of nitrogen functional groups attached to an aromatic ring is 2.